The van der Waals surface area contributed by atoms with E-state index in [9.17, 15) is 0 Å². The van der Waals surface area contributed by atoms with Crippen molar-refractivity contribution in [2.45, 2.75) is 110 Å². The van der Waals surface area contributed by atoms with E-state index in [1.165, 1.54) is 100 Å². The molecule has 0 saturated heterocycles. The topological polar surface area (TPSA) is 0 Å². The van der Waals surface area contributed by atoms with Crippen molar-refractivity contribution in [3.8, 4) is 11.1 Å². The zero-order chi connectivity index (χ0) is 21.9. The Morgan fingerprint density at radius 2 is 1.23 bits per heavy atom. The molecular weight excluding hydrogens is 372 g/mol. The van der Waals surface area contributed by atoms with Gasteiger partial charge < -0.3 is 0 Å². The summed E-state index contributed by atoms with van der Waals surface area (Å²) in [6, 6.07) is 18.8. The zero-order valence-corrected chi connectivity index (χ0v) is 20.5. The molecule has 0 atom stereocenters. The fraction of sp³-hybridized carbons (Fsp3) is 0.613. The molecule has 0 aromatic heterocycles. The Morgan fingerprint density at radius 3 is 1.81 bits per heavy atom. The third-order valence-corrected chi connectivity index (χ3v) is 7.39. The van der Waals surface area contributed by atoms with E-state index in [0.717, 1.165) is 17.8 Å². The molecule has 0 bridgehead atoms. The van der Waals surface area contributed by atoms with Crippen molar-refractivity contribution in [2.24, 2.45) is 11.8 Å². The predicted octanol–water partition coefficient (Wildman–Crippen LogP) is 9.97. The minimum atomic E-state index is 0.779. The molecule has 0 N–H and O–H groups in total. The lowest BCUT2D eigenvalue weighted by molar-refractivity contribution is 0.283. The summed E-state index contributed by atoms with van der Waals surface area (Å²) >= 11 is 0. The second kappa shape index (κ2) is 13.1. The molecule has 1 aliphatic carbocycles. The van der Waals surface area contributed by atoms with Crippen molar-refractivity contribution in [1.29, 1.82) is 0 Å². The van der Waals surface area contributed by atoms with Crippen molar-refractivity contribution in [3.63, 3.8) is 0 Å². The van der Waals surface area contributed by atoms with E-state index in [0.29, 0.717) is 0 Å². The van der Waals surface area contributed by atoms with Gasteiger partial charge in [-0.05, 0) is 85.0 Å². The lowest BCUT2D eigenvalue weighted by atomic mass is 9.76. The molecule has 1 fully saturated rings. The molecule has 1 aliphatic rings. The average Bonchev–Trinajstić information content (AvgIpc) is 2.79. The highest BCUT2D eigenvalue weighted by Gasteiger charge is 2.22. The molecule has 0 spiro atoms. The second-order valence-corrected chi connectivity index (χ2v) is 10.5. The Balaban J connectivity index is 1.43. The summed E-state index contributed by atoms with van der Waals surface area (Å²) < 4.78 is 0. The molecule has 0 nitrogen and oxygen atoms in total. The molecule has 31 heavy (non-hydrogen) atoms. The monoisotopic (exact) mass is 418 g/mol. The summed E-state index contributed by atoms with van der Waals surface area (Å²) in [5, 5.41) is 0. The van der Waals surface area contributed by atoms with Crippen LogP contribution < -0.4 is 0 Å². The third kappa shape index (κ3) is 8.13. The molecule has 170 valence electrons. The van der Waals surface area contributed by atoms with Gasteiger partial charge in [-0.25, -0.2) is 0 Å². The van der Waals surface area contributed by atoms with E-state index in [1.54, 1.807) is 5.56 Å². The van der Waals surface area contributed by atoms with Crippen LogP contribution in [0.3, 0.4) is 0 Å². The van der Waals surface area contributed by atoms with Crippen LogP contribution in [0, 0.1) is 11.8 Å². The Kier molecular flexibility index (Phi) is 10.2. The van der Waals surface area contributed by atoms with Crippen LogP contribution in [0.2, 0.25) is 0 Å². The number of rotatable bonds is 12. The molecule has 0 heterocycles. The van der Waals surface area contributed by atoms with Gasteiger partial charge >= 0.3 is 0 Å². The van der Waals surface area contributed by atoms with Crippen LogP contribution in [-0.4, -0.2) is 0 Å². The quantitative estimate of drug-likeness (QED) is 0.301. The highest BCUT2D eigenvalue weighted by molar-refractivity contribution is 5.64. The fourth-order valence-corrected chi connectivity index (χ4v) is 5.50. The second-order valence-electron chi connectivity index (χ2n) is 10.5. The zero-order valence-electron chi connectivity index (χ0n) is 20.5. The standard InChI is InChI=1S/C31H46/c1-4-5-6-7-8-9-10-11-26-12-16-28(17-13-26)30-20-22-31(23-21-30)29-18-14-27(15-19-29)24-25(2)3/h12-13,16-17,20-23,25,27,29H,4-11,14-15,18-19,24H2,1-3H3. The molecule has 1 saturated carbocycles. The van der Waals surface area contributed by atoms with Gasteiger partial charge in [0, 0.05) is 0 Å². The lowest BCUT2D eigenvalue weighted by Crippen LogP contribution is -2.14. The maximum Gasteiger partial charge on any atom is -0.0162 e. The largest absolute Gasteiger partial charge is 0.0654 e. The number of hydrogen-bond donors (Lipinski definition) is 0. The Morgan fingerprint density at radius 1 is 0.677 bits per heavy atom. The molecule has 0 aliphatic heterocycles. The maximum absolute atomic E-state index is 2.40. The molecule has 0 heteroatoms. The predicted molar refractivity (Wildman–Crippen MR) is 138 cm³/mol. The molecule has 0 amide bonds. The molecule has 2 aromatic rings. The SMILES string of the molecule is CCCCCCCCCc1ccc(-c2ccc(C3CCC(CC(C)C)CC3)cc2)cc1. The number of unbranched alkanes of at least 4 members (excludes halogenated alkanes) is 6. The third-order valence-electron chi connectivity index (χ3n) is 7.39. The summed E-state index contributed by atoms with van der Waals surface area (Å²) in [5.41, 5.74) is 5.77. The van der Waals surface area contributed by atoms with Gasteiger partial charge in [-0.2, -0.15) is 0 Å². The molecule has 2 aromatic carbocycles. The van der Waals surface area contributed by atoms with Crippen LogP contribution >= 0.6 is 0 Å². The maximum atomic E-state index is 2.40. The van der Waals surface area contributed by atoms with Gasteiger partial charge in [0.15, 0.2) is 0 Å². The number of benzene rings is 2. The lowest BCUT2D eigenvalue weighted by Gasteiger charge is -2.29. The van der Waals surface area contributed by atoms with Crippen molar-refractivity contribution in [1.82, 2.24) is 0 Å². The average molecular weight is 419 g/mol. The van der Waals surface area contributed by atoms with Crippen LogP contribution in [-0.2, 0) is 6.42 Å². The fourth-order valence-electron chi connectivity index (χ4n) is 5.50. The van der Waals surface area contributed by atoms with Crippen LogP contribution in [0.25, 0.3) is 11.1 Å². The highest BCUT2D eigenvalue weighted by atomic mass is 14.3. The molecule has 0 radical (unpaired) electrons. The van der Waals surface area contributed by atoms with Gasteiger partial charge in [0.2, 0.25) is 0 Å². The smallest absolute Gasteiger partial charge is 0.0162 e. The Labute approximate surface area is 192 Å². The summed E-state index contributed by atoms with van der Waals surface area (Å²) in [7, 11) is 0. The van der Waals surface area contributed by atoms with Gasteiger partial charge in [-0.1, -0.05) is 108 Å². The first-order valence-corrected chi connectivity index (χ1v) is 13.3. The molecule has 0 unspecified atom stereocenters. The van der Waals surface area contributed by atoms with E-state index in [4.69, 9.17) is 0 Å². The Hall–Kier alpha value is -1.56. The van der Waals surface area contributed by atoms with Crippen molar-refractivity contribution < 1.29 is 0 Å². The van der Waals surface area contributed by atoms with Crippen molar-refractivity contribution in [3.05, 3.63) is 59.7 Å². The van der Waals surface area contributed by atoms with Gasteiger partial charge in [0.1, 0.15) is 0 Å². The van der Waals surface area contributed by atoms with E-state index in [-0.39, 0.29) is 0 Å². The van der Waals surface area contributed by atoms with Crippen LogP contribution in [0.1, 0.15) is 115 Å². The summed E-state index contributed by atoms with van der Waals surface area (Å²) in [6.45, 7) is 7.03. The minimum absolute atomic E-state index is 0.779. The number of hydrogen-bond acceptors (Lipinski definition) is 0. The van der Waals surface area contributed by atoms with E-state index < -0.39 is 0 Å². The molecular formula is C31H46. The molecule has 3 rings (SSSR count). The first-order chi connectivity index (χ1) is 15.2. The van der Waals surface area contributed by atoms with Gasteiger partial charge in [-0.3, -0.25) is 0 Å². The summed E-state index contributed by atoms with van der Waals surface area (Å²) in [5.74, 6) is 2.60. The van der Waals surface area contributed by atoms with Crippen LogP contribution in [0.5, 0.6) is 0 Å². The highest BCUT2D eigenvalue weighted by Crippen LogP contribution is 2.38. The van der Waals surface area contributed by atoms with E-state index in [1.807, 2.05) is 0 Å². The van der Waals surface area contributed by atoms with E-state index >= 15 is 0 Å². The number of aryl methyl sites for hydroxylation is 1. The van der Waals surface area contributed by atoms with Crippen molar-refractivity contribution in [2.75, 3.05) is 0 Å². The first-order valence-electron chi connectivity index (χ1n) is 13.3. The normalized spacial score (nSPS) is 19.1. The van der Waals surface area contributed by atoms with Crippen LogP contribution in [0.15, 0.2) is 48.5 Å². The summed E-state index contributed by atoms with van der Waals surface area (Å²) in [6.07, 6.45) is 18.0. The van der Waals surface area contributed by atoms with Gasteiger partial charge in [0.05, 0.1) is 0 Å². The van der Waals surface area contributed by atoms with Crippen molar-refractivity contribution >= 4 is 0 Å². The van der Waals surface area contributed by atoms with Gasteiger partial charge in [-0.15, -0.1) is 0 Å². The van der Waals surface area contributed by atoms with Crippen LogP contribution in [0.4, 0.5) is 0 Å². The summed E-state index contributed by atoms with van der Waals surface area (Å²) in [4.78, 5) is 0. The first kappa shape index (κ1) is 24.1. The minimum Gasteiger partial charge on any atom is -0.0654 e. The van der Waals surface area contributed by atoms with E-state index in [2.05, 4.69) is 69.3 Å². The Bertz CT molecular complexity index is 714. The van der Waals surface area contributed by atoms with Gasteiger partial charge in [0.25, 0.3) is 0 Å².